The van der Waals surface area contributed by atoms with Crippen LogP contribution in [-0.2, 0) is 11.3 Å². The fraction of sp³-hybridized carbons (Fsp3) is 0.462. The third kappa shape index (κ3) is 3.72. The number of amides is 1. The quantitative estimate of drug-likeness (QED) is 0.671. The molecule has 2 rings (SSSR count). The van der Waals surface area contributed by atoms with Crippen molar-refractivity contribution in [3.63, 3.8) is 0 Å². The van der Waals surface area contributed by atoms with Gasteiger partial charge < -0.3 is 20.9 Å². The van der Waals surface area contributed by atoms with Crippen molar-refractivity contribution < 1.29 is 14.6 Å². The van der Waals surface area contributed by atoms with E-state index >= 15 is 0 Å². The molecule has 0 radical (unpaired) electrons. The van der Waals surface area contributed by atoms with Crippen LogP contribution >= 0.6 is 0 Å². The molecule has 0 atom stereocenters. The van der Waals surface area contributed by atoms with E-state index in [0.29, 0.717) is 11.8 Å². The van der Waals surface area contributed by atoms with E-state index < -0.39 is 5.91 Å². The number of hydrogen-bond acceptors (Lipinski definition) is 4. The Bertz CT molecular complexity index is 399. The van der Waals surface area contributed by atoms with E-state index in [1.165, 1.54) is 0 Å². The molecule has 98 valence electrons. The number of aliphatic hydroxyl groups is 1. The van der Waals surface area contributed by atoms with Crippen molar-refractivity contribution in [1.82, 2.24) is 5.32 Å². The molecule has 1 aromatic carbocycles. The number of ether oxygens (including phenoxy) is 1. The van der Waals surface area contributed by atoms with Gasteiger partial charge in [0.05, 0.1) is 6.10 Å². The zero-order valence-electron chi connectivity index (χ0n) is 10.1. The van der Waals surface area contributed by atoms with Gasteiger partial charge in [-0.05, 0) is 30.5 Å². The summed E-state index contributed by atoms with van der Waals surface area (Å²) in [6, 6.07) is 7.94. The minimum absolute atomic E-state index is 0.0996. The molecule has 18 heavy (non-hydrogen) atoms. The van der Waals surface area contributed by atoms with E-state index in [0.717, 1.165) is 24.9 Å². The second kappa shape index (κ2) is 5.84. The lowest BCUT2D eigenvalue weighted by Crippen LogP contribution is -2.43. The summed E-state index contributed by atoms with van der Waals surface area (Å²) in [5, 5.41) is 12.5. The molecule has 0 unspecified atom stereocenters. The topological polar surface area (TPSA) is 84.6 Å². The van der Waals surface area contributed by atoms with E-state index in [2.05, 4.69) is 5.32 Å². The molecule has 5 nitrogen and oxygen atoms in total. The van der Waals surface area contributed by atoms with Gasteiger partial charge in [-0.25, -0.2) is 0 Å². The summed E-state index contributed by atoms with van der Waals surface area (Å²) in [5.74, 6) is 0.154. The van der Waals surface area contributed by atoms with Gasteiger partial charge in [-0.15, -0.1) is 0 Å². The molecule has 0 spiro atoms. The van der Waals surface area contributed by atoms with Crippen molar-refractivity contribution in [2.24, 2.45) is 5.73 Å². The molecule has 5 heteroatoms. The average Bonchev–Trinajstić information content (AvgIpc) is 2.32. The Hall–Kier alpha value is -1.59. The molecular weight excluding hydrogens is 232 g/mol. The third-order valence-corrected chi connectivity index (χ3v) is 3.01. The van der Waals surface area contributed by atoms with Crippen LogP contribution in [0.2, 0.25) is 0 Å². The van der Waals surface area contributed by atoms with E-state index in [9.17, 15) is 4.79 Å². The first kappa shape index (κ1) is 12.9. The highest BCUT2D eigenvalue weighted by molar-refractivity contribution is 5.75. The lowest BCUT2D eigenvalue weighted by Gasteiger charge is -2.32. The van der Waals surface area contributed by atoms with Crippen molar-refractivity contribution in [1.29, 1.82) is 0 Å². The van der Waals surface area contributed by atoms with E-state index in [4.69, 9.17) is 15.6 Å². The standard InChI is InChI=1S/C13H18N2O3/c14-13(17)8-18-12-3-1-9(2-4-12)7-15-10-5-11(16)6-10/h1-4,10-11,15-16H,5-8H2,(H2,14,17). The van der Waals surface area contributed by atoms with Gasteiger partial charge in [0, 0.05) is 12.6 Å². The van der Waals surface area contributed by atoms with Crippen molar-refractivity contribution in [2.75, 3.05) is 6.61 Å². The normalized spacial score (nSPS) is 22.3. The zero-order valence-corrected chi connectivity index (χ0v) is 10.1. The minimum atomic E-state index is -0.482. The largest absolute Gasteiger partial charge is 0.484 e. The van der Waals surface area contributed by atoms with Crippen LogP contribution in [-0.4, -0.2) is 29.8 Å². The summed E-state index contributed by atoms with van der Waals surface area (Å²) in [7, 11) is 0. The number of hydrogen-bond donors (Lipinski definition) is 3. The Morgan fingerprint density at radius 2 is 2.06 bits per heavy atom. The molecule has 1 aromatic rings. The van der Waals surface area contributed by atoms with Gasteiger partial charge in [0.2, 0.25) is 0 Å². The first-order valence-electron chi connectivity index (χ1n) is 6.05. The fourth-order valence-corrected chi connectivity index (χ4v) is 1.87. The first-order valence-corrected chi connectivity index (χ1v) is 6.05. The van der Waals surface area contributed by atoms with Crippen molar-refractivity contribution in [2.45, 2.75) is 31.5 Å². The first-order chi connectivity index (χ1) is 8.63. The van der Waals surface area contributed by atoms with Crippen LogP contribution in [0.5, 0.6) is 5.75 Å². The molecule has 0 saturated heterocycles. The van der Waals surface area contributed by atoms with Gasteiger partial charge in [-0.3, -0.25) is 4.79 Å². The SMILES string of the molecule is NC(=O)COc1ccc(CNC2CC(O)C2)cc1. The summed E-state index contributed by atoms with van der Waals surface area (Å²) in [6.45, 7) is 0.672. The zero-order chi connectivity index (χ0) is 13.0. The maximum absolute atomic E-state index is 10.5. The van der Waals surface area contributed by atoms with Crippen molar-refractivity contribution in [3.8, 4) is 5.75 Å². The second-order valence-corrected chi connectivity index (χ2v) is 4.60. The Morgan fingerprint density at radius 3 is 2.61 bits per heavy atom. The molecule has 0 aromatic heterocycles. The number of carbonyl (C=O) groups excluding carboxylic acids is 1. The summed E-state index contributed by atoms with van der Waals surface area (Å²) in [5.41, 5.74) is 6.13. The summed E-state index contributed by atoms with van der Waals surface area (Å²) in [6.07, 6.45) is 1.53. The second-order valence-electron chi connectivity index (χ2n) is 4.60. The molecule has 1 aliphatic carbocycles. The number of carbonyl (C=O) groups is 1. The maximum atomic E-state index is 10.5. The molecule has 0 heterocycles. The summed E-state index contributed by atoms with van der Waals surface area (Å²) in [4.78, 5) is 10.5. The summed E-state index contributed by atoms with van der Waals surface area (Å²) >= 11 is 0. The number of rotatable bonds is 6. The summed E-state index contributed by atoms with van der Waals surface area (Å²) < 4.78 is 5.17. The molecule has 0 bridgehead atoms. The number of benzene rings is 1. The third-order valence-electron chi connectivity index (χ3n) is 3.01. The molecule has 1 fully saturated rings. The van der Waals surface area contributed by atoms with Gasteiger partial charge in [0.15, 0.2) is 6.61 Å². The van der Waals surface area contributed by atoms with Crippen LogP contribution in [0.25, 0.3) is 0 Å². The van der Waals surface area contributed by atoms with Gasteiger partial charge in [-0.1, -0.05) is 12.1 Å². The molecule has 1 aliphatic rings. The maximum Gasteiger partial charge on any atom is 0.255 e. The number of nitrogens with one attached hydrogen (secondary N) is 1. The van der Waals surface area contributed by atoms with Crippen LogP contribution in [0.3, 0.4) is 0 Å². The molecular formula is C13H18N2O3. The van der Waals surface area contributed by atoms with Gasteiger partial charge in [0.1, 0.15) is 5.75 Å². The fourth-order valence-electron chi connectivity index (χ4n) is 1.87. The Labute approximate surface area is 106 Å². The highest BCUT2D eigenvalue weighted by atomic mass is 16.5. The molecule has 0 aliphatic heterocycles. The van der Waals surface area contributed by atoms with Crippen molar-refractivity contribution >= 4 is 5.91 Å². The molecule has 1 amide bonds. The number of primary amides is 1. The van der Waals surface area contributed by atoms with Gasteiger partial charge in [-0.2, -0.15) is 0 Å². The number of aliphatic hydroxyl groups excluding tert-OH is 1. The van der Waals surface area contributed by atoms with Gasteiger partial charge >= 0.3 is 0 Å². The van der Waals surface area contributed by atoms with E-state index in [1.807, 2.05) is 24.3 Å². The van der Waals surface area contributed by atoms with Crippen LogP contribution in [0.15, 0.2) is 24.3 Å². The Morgan fingerprint density at radius 1 is 1.39 bits per heavy atom. The van der Waals surface area contributed by atoms with Crippen LogP contribution in [0.4, 0.5) is 0 Å². The number of nitrogens with two attached hydrogens (primary N) is 1. The van der Waals surface area contributed by atoms with E-state index in [-0.39, 0.29) is 12.7 Å². The highest BCUT2D eigenvalue weighted by Crippen LogP contribution is 2.20. The van der Waals surface area contributed by atoms with E-state index in [1.54, 1.807) is 0 Å². The Kier molecular flexibility index (Phi) is 4.17. The smallest absolute Gasteiger partial charge is 0.255 e. The predicted octanol–water partition coefficient (Wildman–Crippen LogP) is 0.164. The minimum Gasteiger partial charge on any atom is -0.484 e. The molecule has 4 N–H and O–H groups in total. The predicted molar refractivity (Wildman–Crippen MR) is 67.0 cm³/mol. The monoisotopic (exact) mass is 250 g/mol. The van der Waals surface area contributed by atoms with Crippen LogP contribution < -0.4 is 15.8 Å². The van der Waals surface area contributed by atoms with Crippen LogP contribution in [0, 0.1) is 0 Å². The lowest BCUT2D eigenvalue weighted by molar-refractivity contribution is -0.119. The van der Waals surface area contributed by atoms with Crippen LogP contribution in [0.1, 0.15) is 18.4 Å². The Balaban J connectivity index is 1.75. The lowest BCUT2D eigenvalue weighted by atomic mass is 9.89. The van der Waals surface area contributed by atoms with Gasteiger partial charge in [0.25, 0.3) is 5.91 Å². The highest BCUT2D eigenvalue weighted by Gasteiger charge is 2.26. The molecule has 1 saturated carbocycles. The van der Waals surface area contributed by atoms with Crippen molar-refractivity contribution in [3.05, 3.63) is 29.8 Å². The average molecular weight is 250 g/mol.